The summed E-state index contributed by atoms with van der Waals surface area (Å²) in [5.41, 5.74) is 2.05. The van der Waals surface area contributed by atoms with Crippen LogP contribution in [0.1, 0.15) is 24.8 Å². The number of halogens is 1. The van der Waals surface area contributed by atoms with Crippen LogP contribution in [0.2, 0.25) is 0 Å². The highest BCUT2D eigenvalue weighted by Gasteiger charge is 2.15. The van der Waals surface area contributed by atoms with Crippen LogP contribution in [0.25, 0.3) is 16.8 Å². The lowest BCUT2D eigenvalue weighted by Gasteiger charge is -2.15. The van der Waals surface area contributed by atoms with Crippen molar-refractivity contribution in [3.63, 3.8) is 0 Å². The average Bonchev–Trinajstić information content (AvgIpc) is 3.04. The lowest BCUT2D eigenvalue weighted by molar-refractivity contribution is 0.288. The molecule has 2 rings (SSSR count). The Bertz CT molecular complexity index is 746. The van der Waals surface area contributed by atoms with Gasteiger partial charge in [-0.25, -0.2) is 4.98 Å². The lowest BCUT2D eigenvalue weighted by atomic mass is 10.2. The quantitative estimate of drug-likeness (QED) is 0.514. The van der Waals surface area contributed by atoms with E-state index in [0.717, 1.165) is 35.1 Å². The molecule has 1 N–H and O–H groups in total. The summed E-state index contributed by atoms with van der Waals surface area (Å²) in [5.74, 6) is 0.0767. The van der Waals surface area contributed by atoms with Gasteiger partial charge in [0.05, 0.1) is 12.2 Å². The summed E-state index contributed by atoms with van der Waals surface area (Å²) in [4.78, 5) is 6.53. The number of likely N-dealkylation sites (N-methyl/N-ethyl adjacent to an activating group) is 1. The third-order valence-corrected chi connectivity index (χ3v) is 4.96. The van der Waals surface area contributed by atoms with Crippen LogP contribution >= 0.6 is 27.3 Å². The Morgan fingerprint density at radius 1 is 1.38 bits per heavy atom. The van der Waals surface area contributed by atoms with Crippen molar-refractivity contribution in [1.82, 2.24) is 9.88 Å². The van der Waals surface area contributed by atoms with E-state index in [4.69, 9.17) is 0 Å². The Morgan fingerprint density at radius 3 is 2.71 bits per heavy atom. The molecule has 0 bridgehead atoms. The highest BCUT2D eigenvalue weighted by molar-refractivity contribution is 9.10. The van der Waals surface area contributed by atoms with Gasteiger partial charge in [-0.1, -0.05) is 41.4 Å². The van der Waals surface area contributed by atoms with Crippen molar-refractivity contribution in [3.05, 3.63) is 44.9 Å². The average molecular weight is 406 g/mol. The molecular weight excluding hydrogens is 386 g/mol. The van der Waals surface area contributed by atoms with E-state index in [1.807, 2.05) is 41.6 Å². The molecule has 0 amide bonds. The highest BCUT2D eigenvalue weighted by Crippen LogP contribution is 2.28. The molecule has 2 aromatic rings. The van der Waals surface area contributed by atoms with Gasteiger partial charge in [0.2, 0.25) is 0 Å². The van der Waals surface area contributed by atoms with Crippen molar-refractivity contribution >= 4 is 32.8 Å². The van der Waals surface area contributed by atoms with Gasteiger partial charge in [0.1, 0.15) is 22.4 Å². The van der Waals surface area contributed by atoms with Crippen LogP contribution in [0.4, 0.5) is 0 Å². The Hall–Kier alpha value is -1.68. The fraction of sp³-hybridized carbons (Fsp3) is 0.333. The summed E-state index contributed by atoms with van der Waals surface area (Å²) in [6.07, 6.45) is 2.17. The number of allylic oxidation sites excluding steroid dienone is 1. The third kappa shape index (κ3) is 4.91. The molecule has 0 aliphatic heterocycles. The largest absolute Gasteiger partial charge is 0.509 e. The summed E-state index contributed by atoms with van der Waals surface area (Å²) < 4.78 is 1.01. The predicted molar refractivity (Wildman–Crippen MR) is 103 cm³/mol. The highest BCUT2D eigenvalue weighted by atomic mass is 79.9. The molecule has 1 heterocycles. The first-order valence-electron chi connectivity index (χ1n) is 7.77. The molecule has 0 fully saturated rings. The van der Waals surface area contributed by atoms with Crippen LogP contribution in [0, 0.1) is 11.3 Å². The number of hydrogen-bond acceptors (Lipinski definition) is 5. The molecule has 1 aromatic carbocycles. The minimum absolute atomic E-state index is 0.0767. The third-order valence-electron chi connectivity index (χ3n) is 3.57. The second kappa shape index (κ2) is 8.97. The van der Waals surface area contributed by atoms with Crippen molar-refractivity contribution in [2.75, 3.05) is 20.1 Å². The maximum atomic E-state index is 10.3. The Labute approximate surface area is 155 Å². The van der Waals surface area contributed by atoms with Crippen LogP contribution in [0.5, 0.6) is 0 Å². The minimum Gasteiger partial charge on any atom is -0.509 e. The minimum atomic E-state index is 0.0767. The van der Waals surface area contributed by atoms with E-state index in [2.05, 4.69) is 33.9 Å². The Balaban J connectivity index is 2.20. The van der Waals surface area contributed by atoms with E-state index >= 15 is 0 Å². The molecule has 0 spiro atoms. The molecule has 4 nitrogen and oxygen atoms in total. The first-order valence-corrected chi connectivity index (χ1v) is 9.45. The molecule has 0 unspecified atom stereocenters. The number of hydrogen-bond donors (Lipinski definition) is 1. The van der Waals surface area contributed by atoms with Crippen LogP contribution < -0.4 is 0 Å². The van der Waals surface area contributed by atoms with Gasteiger partial charge in [-0.3, -0.25) is 4.90 Å². The van der Waals surface area contributed by atoms with Gasteiger partial charge in [0.15, 0.2) is 0 Å². The summed E-state index contributed by atoms with van der Waals surface area (Å²) in [7, 11) is 1.94. The van der Waals surface area contributed by atoms with E-state index in [-0.39, 0.29) is 11.3 Å². The van der Waals surface area contributed by atoms with Crippen molar-refractivity contribution in [2.24, 2.45) is 0 Å². The maximum Gasteiger partial charge on any atom is 0.138 e. The molecule has 0 radical (unpaired) electrons. The maximum absolute atomic E-state index is 10.3. The van der Waals surface area contributed by atoms with Crippen molar-refractivity contribution in [1.29, 1.82) is 5.26 Å². The number of benzene rings is 1. The summed E-state index contributed by atoms with van der Waals surface area (Å²) in [6.45, 7) is 3.38. The number of nitriles is 1. The second-order valence-corrected chi connectivity index (χ2v) is 7.34. The summed E-state index contributed by atoms with van der Waals surface area (Å²) in [6, 6.07) is 9.94. The zero-order valence-electron chi connectivity index (χ0n) is 13.8. The van der Waals surface area contributed by atoms with Crippen LogP contribution in [0.15, 0.2) is 39.9 Å². The standard InChI is InChI=1S/C18H20BrN3OS/c1-3-4-9-22(2)11-17(23)15(10-20)18-21-16(12-24-18)13-5-7-14(19)8-6-13/h5-8,12,23H,3-4,9,11H2,1-2H3. The van der Waals surface area contributed by atoms with Gasteiger partial charge in [-0.2, -0.15) is 5.26 Å². The molecule has 6 heteroatoms. The van der Waals surface area contributed by atoms with E-state index in [1.54, 1.807) is 0 Å². The fourth-order valence-electron chi connectivity index (χ4n) is 2.22. The number of aliphatic hydroxyl groups is 1. The second-order valence-electron chi connectivity index (χ2n) is 5.57. The molecular formula is C18H20BrN3OS. The van der Waals surface area contributed by atoms with Gasteiger partial charge in [-0.05, 0) is 32.1 Å². The number of rotatable bonds is 7. The number of unbranched alkanes of at least 4 members (excludes halogenated alkanes) is 1. The Kier molecular flexibility index (Phi) is 6.98. The van der Waals surface area contributed by atoms with Gasteiger partial charge >= 0.3 is 0 Å². The molecule has 0 saturated carbocycles. The molecule has 0 saturated heterocycles. The van der Waals surface area contributed by atoms with E-state index in [9.17, 15) is 10.4 Å². The SMILES string of the molecule is CCCCN(C)CC(O)=C(C#N)c1nc(-c2ccc(Br)cc2)cs1. The zero-order valence-corrected chi connectivity index (χ0v) is 16.2. The van der Waals surface area contributed by atoms with Gasteiger partial charge in [-0.15, -0.1) is 11.3 Å². The predicted octanol–water partition coefficient (Wildman–Crippen LogP) is 5.10. The number of aromatic nitrogens is 1. The monoisotopic (exact) mass is 405 g/mol. The molecule has 126 valence electrons. The van der Waals surface area contributed by atoms with E-state index < -0.39 is 0 Å². The molecule has 0 aliphatic rings. The van der Waals surface area contributed by atoms with Crippen molar-refractivity contribution in [3.8, 4) is 17.3 Å². The Morgan fingerprint density at radius 2 is 2.08 bits per heavy atom. The van der Waals surface area contributed by atoms with E-state index in [0.29, 0.717) is 11.6 Å². The first-order chi connectivity index (χ1) is 11.5. The first kappa shape index (κ1) is 18.7. The van der Waals surface area contributed by atoms with Crippen molar-refractivity contribution in [2.45, 2.75) is 19.8 Å². The zero-order chi connectivity index (χ0) is 17.5. The van der Waals surface area contributed by atoms with Crippen LogP contribution in [0.3, 0.4) is 0 Å². The lowest BCUT2D eigenvalue weighted by Crippen LogP contribution is -2.22. The number of thiazole rings is 1. The topological polar surface area (TPSA) is 60.1 Å². The number of nitrogens with zero attached hydrogens (tertiary/aromatic N) is 3. The van der Waals surface area contributed by atoms with E-state index in [1.165, 1.54) is 11.3 Å². The summed E-state index contributed by atoms with van der Waals surface area (Å²) in [5, 5.41) is 22.2. The van der Waals surface area contributed by atoms with Gasteiger partial charge in [0, 0.05) is 15.4 Å². The van der Waals surface area contributed by atoms with Crippen LogP contribution in [-0.2, 0) is 0 Å². The molecule has 0 atom stereocenters. The molecule has 1 aromatic heterocycles. The molecule has 24 heavy (non-hydrogen) atoms. The smallest absolute Gasteiger partial charge is 0.138 e. The molecule has 0 aliphatic carbocycles. The van der Waals surface area contributed by atoms with Gasteiger partial charge in [0.25, 0.3) is 0 Å². The van der Waals surface area contributed by atoms with Gasteiger partial charge < -0.3 is 5.11 Å². The van der Waals surface area contributed by atoms with Crippen LogP contribution in [-0.4, -0.2) is 35.1 Å². The summed E-state index contributed by atoms with van der Waals surface area (Å²) >= 11 is 4.78. The normalized spacial score (nSPS) is 12.1. The number of aliphatic hydroxyl groups excluding tert-OH is 1. The van der Waals surface area contributed by atoms with Crippen molar-refractivity contribution < 1.29 is 5.11 Å². The fourth-order valence-corrected chi connectivity index (χ4v) is 3.33.